The van der Waals surface area contributed by atoms with Gasteiger partial charge in [-0.05, 0) is 122 Å². The van der Waals surface area contributed by atoms with Crippen LogP contribution in [0, 0.1) is 41.7 Å². The molecule has 3 aromatic carbocycles. The van der Waals surface area contributed by atoms with Gasteiger partial charge in [0.05, 0.1) is 34.1 Å². The summed E-state index contributed by atoms with van der Waals surface area (Å²) >= 11 is 1.76. The number of benzene rings is 3. The molecule has 7 rings (SSSR count). The van der Waals surface area contributed by atoms with Gasteiger partial charge in [0.2, 0.25) is 5.79 Å². The molecule has 0 spiro atoms. The minimum absolute atomic E-state index is 0.0128. The van der Waals surface area contributed by atoms with Crippen molar-refractivity contribution in [2.24, 2.45) is 22.9 Å². The number of hydrogen-bond acceptors (Lipinski definition) is 12. The molecule has 3 aliphatic rings. The molecule has 61 heavy (non-hydrogen) atoms. The van der Waals surface area contributed by atoms with E-state index in [1.54, 1.807) is 48.6 Å². The van der Waals surface area contributed by atoms with Crippen LogP contribution >= 0.6 is 11.8 Å². The largest absolute Gasteiger partial charge is 0.460 e. The third-order valence-electron chi connectivity index (χ3n) is 12.2. The Morgan fingerprint density at radius 3 is 2.49 bits per heavy atom. The van der Waals surface area contributed by atoms with Crippen molar-refractivity contribution in [3.05, 3.63) is 142 Å². The number of non-ortho nitro benzene ring substituents is 1. The van der Waals surface area contributed by atoms with Crippen LogP contribution in [0.4, 0.5) is 5.69 Å². The number of oxime groups is 1. The van der Waals surface area contributed by atoms with E-state index in [9.17, 15) is 20.3 Å². The first kappa shape index (κ1) is 44.0. The van der Waals surface area contributed by atoms with Gasteiger partial charge in [-0.25, -0.2) is 0 Å². The number of unbranched alkanes of at least 4 members (excludes halogenated alkanes) is 2. The zero-order valence-electron chi connectivity index (χ0n) is 35.0. The van der Waals surface area contributed by atoms with E-state index < -0.39 is 10.7 Å². The topological polar surface area (TPSA) is 159 Å². The number of fused-ring (bicyclic) bond motifs is 2. The van der Waals surface area contributed by atoms with Crippen molar-refractivity contribution in [1.82, 2.24) is 9.97 Å². The van der Waals surface area contributed by atoms with Crippen molar-refractivity contribution in [3.8, 4) is 17.2 Å². The van der Waals surface area contributed by atoms with Crippen LogP contribution in [-0.4, -0.2) is 67.4 Å². The number of aliphatic hydroxyl groups is 2. The third kappa shape index (κ3) is 10.2. The van der Waals surface area contributed by atoms with Crippen LogP contribution in [0.1, 0.15) is 78.8 Å². The van der Waals surface area contributed by atoms with Gasteiger partial charge in [-0.15, -0.1) is 6.58 Å². The van der Waals surface area contributed by atoms with Crippen molar-refractivity contribution in [2.45, 2.75) is 88.8 Å². The van der Waals surface area contributed by atoms with Gasteiger partial charge >= 0.3 is 0 Å². The Labute approximate surface area is 362 Å². The lowest BCUT2D eigenvalue weighted by Gasteiger charge is -2.58. The zero-order chi connectivity index (χ0) is 42.8. The molecule has 0 amide bonds. The SMILES string of the molecule is C=CCOC12Oc3ccc(Oc4ccc(C)c(C)c4)cc3C3C(CCCCO)C(CCCCO)C=C(C(=NOCc4ccc([N+](=O)[O-])cc4)CC1SCCc1cnccn1)C32. The van der Waals surface area contributed by atoms with E-state index in [4.69, 9.17) is 24.2 Å². The standard InChI is InChI=1S/C48H56N4O8S/c1-4-24-57-48-45(61-25-19-36-30-49-20-21-50-36)29-43(51-58-31-34-12-14-37(15-13-34)52(55)56)41-27-35(9-5-7-22-53)40(10-6-8-23-54)46(47(41)48)42-28-39(17-18-44(42)60-48)59-38-16-11-32(2)33(3)26-38/h4,11-18,20-21,26-28,30,35,40,45-47,53-54H,1,5-10,19,22-25,29,31H2,2-3H3. The van der Waals surface area contributed by atoms with Crippen LogP contribution in [0.2, 0.25) is 0 Å². The van der Waals surface area contributed by atoms with E-state index in [-0.39, 0.29) is 61.0 Å². The van der Waals surface area contributed by atoms with Gasteiger partial charge in [0.15, 0.2) is 0 Å². The fraction of sp³-hybridized carbons (Fsp3) is 0.438. The Balaban J connectivity index is 1.35. The molecule has 2 aliphatic carbocycles. The van der Waals surface area contributed by atoms with Gasteiger partial charge in [0.1, 0.15) is 23.9 Å². The van der Waals surface area contributed by atoms with E-state index in [1.807, 2.05) is 18.2 Å². The van der Waals surface area contributed by atoms with Gasteiger partial charge in [0, 0.05) is 68.3 Å². The number of nitro benzene ring substituents is 1. The van der Waals surface area contributed by atoms with Crippen LogP contribution in [-0.2, 0) is 22.6 Å². The predicted molar refractivity (Wildman–Crippen MR) is 237 cm³/mol. The van der Waals surface area contributed by atoms with Crippen LogP contribution in [0.25, 0.3) is 0 Å². The second-order valence-corrected chi connectivity index (χ2v) is 17.4. The number of aliphatic hydroxyl groups excluding tert-OH is 2. The molecule has 12 nitrogen and oxygen atoms in total. The number of aromatic nitrogens is 2. The number of aryl methyl sites for hydroxylation is 3. The normalized spacial score (nSPS) is 23.3. The zero-order valence-corrected chi connectivity index (χ0v) is 35.8. The molecule has 13 heteroatoms. The lowest BCUT2D eigenvalue weighted by atomic mass is 9.56. The van der Waals surface area contributed by atoms with Gasteiger partial charge < -0.3 is 29.3 Å². The Kier molecular flexibility index (Phi) is 14.9. The molecule has 1 saturated carbocycles. The average molecular weight is 849 g/mol. The highest BCUT2D eigenvalue weighted by Gasteiger charge is 2.64. The molecule has 4 aromatic rings. The smallest absolute Gasteiger partial charge is 0.269 e. The first-order chi connectivity index (χ1) is 29.7. The molecular formula is C48H56N4O8S. The molecule has 1 aliphatic heterocycles. The summed E-state index contributed by atoms with van der Waals surface area (Å²) in [6.07, 6.45) is 15.3. The molecule has 1 aromatic heterocycles. The van der Waals surface area contributed by atoms with Gasteiger partial charge in [0.25, 0.3) is 5.69 Å². The number of hydrogen-bond donors (Lipinski definition) is 2. The Morgan fingerprint density at radius 1 is 1.00 bits per heavy atom. The van der Waals surface area contributed by atoms with E-state index in [0.29, 0.717) is 31.4 Å². The number of ether oxygens (including phenoxy) is 3. The number of nitrogens with zero attached hydrogens (tertiary/aromatic N) is 4. The monoisotopic (exact) mass is 848 g/mol. The van der Waals surface area contributed by atoms with Crippen molar-refractivity contribution in [3.63, 3.8) is 0 Å². The quantitative estimate of drug-likeness (QED) is 0.0356. The van der Waals surface area contributed by atoms with Crippen molar-refractivity contribution in [2.75, 3.05) is 25.6 Å². The minimum atomic E-state index is -1.12. The maximum atomic E-state index is 11.3. The number of nitro groups is 1. The molecule has 322 valence electrons. The molecule has 1 fully saturated rings. The summed E-state index contributed by atoms with van der Waals surface area (Å²) < 4.78 is 21.0. The van der Waals surface area contributed by atoms with E-state index >= 15 is 0 Å². The third-order valence-corrected chi connectivity index (χ3v) is 13.5. The predicted octanol–water partition coefficient (Wildman–Crippen LogP) is 9.60. The molecule has 2 N–H and O–H groups in total. The van der Waals surface area contributed by atoms with Crippen LogP contribution in [0.5, 0.6) is 17.2 Å². The van der Waals surface area contributed by atoms with Gasteiger partial charge in [-0.3, -0.25) is 20.1 Å². The highest BCUT2D eigenvalue weighted by atomic mass is 32.2. The Hall–Kier alpha value is -5.08. The summed E-state index contributed by atoms with van der Waals surface area (Å²) in [5.74, 6) is 1.65. The van der Waals surface area contributed by atoms with E-state index in [0.717, 1.165) is 76.6 Å². The number of thioether (sulfide) groups is 1. The maximum absolute atomic E-state index is 11.3. The second kappa shape index (κ2) is 20.7. The highest BCUT2D eigenvalue weighted by molar-refractivity contribution is 8.00. The Bertz CT molecular complexity index is 2180. The van der Waals surface area contributed by atoms with E-state index in [2.05, 4.69) is 54.7 Å². The maximum Gasteiger partial charge on any atom is 0.269 e. The van der Waals surface area contributed by atoms with Crippen molar-refractivity contribution in [1.29, 1.82) is 0 Å². The summed E-state index contributed by atoms with van der Waals surface area (Å²) in [4.78, 5) is 25.9. The van der Waals surface area contributed by atoms with Gasteiger partial charge in [-0.2, -0.15) is 11.8 Å². The Morgan fingerprint density at radius 2 is 1.77 bits per heavy atom. The fourth-order valence-electron chi connectivity index (χ4n) is 9.12. The van der Waals surface area contributed by atoms with Gasteiger partial charge in [-0.1, -0.05) is 36.2 Å². The summed E-state index contributed by atoms with van der Waals surface area (Å²) in [5, 5.41) is 35.8. The highest BCUT2D eigenvalue weighted by Crippen LogP contribution is 2.62. The lowest BCUT2D eigenvalue weighted by Crippen LogP contribution is -2.64. The van der Waals surface area contributed by atoms with Crippen LogP contribution in [0.3, 0.4) is 0 Å². The molecule has 6 unspecified atom stereocenters. The van der Waals surface area contributed by atoms with E-state index in [1.165, 1.54) is 17.7 Å². The summed E-state index contributed by atoms with van der Waals surface area (Å²) in [6, 6.07) is 18.5. The molecular weight excluding hydrogens is 793 g/mol. The molecule has 0 radical (unpaired) electrons. The molecule has 2 heterocycles. The molecule has 6 atom stereocenters. The van der Waals surface area contributed by atoms with Crippen molar-refractivity contribution >= 4 is 23.2 Å². The average Bonchev–Trinajstić information content (AvgIpc) is 3.26. The van der Waals surface area contributed by atoms with Crippen LogP contribution < -0.4 is 9.47 Å². The second-order valence-electron chi connectivity index (χ2n) is 16.1. The lowest BCUT2D eigenvalue weighted by molar-refractivity contribution is -0.384. The summed E-state index contributed by atoms with van der Waals surface area (Å²) in [7, 11) is 0. The fourth-order valence-corrected chi connectivity index (χ4v) is 10.5. The van der Waals surface area contributed by atoms with Crippen molar-refractivity contribution < 1.29 is 34.2 Å². The molecule has 0 saturated heterocycles. The number of rotatable bonds is 21. The van der Waals surface area contributed by atoms with Crippen LogP contribution in [0.15, 0.2) is 109 Å². The summed E-state index contributed by atoms with van der Waals surface area (Å²) in [5.41, 5.74) is 6.86. The summed E-state index contributed by atoms with van der Waals surface area (Å²) in [6.45, 7) is 8.84. The number of allylic oxidation sites excluding steroid dienone is 1. The first-order valence-corrected chi connectivity index (χ1v) is 22.3. The molecule has 0 bridgehead atoms. The first-order valence-electron chi connectivity index (χ1n) is 21.3. The minimum Gasteiger partial charge on any atom is -0.460 e.